The van der Waals surface area contributed by atoms with Crippen LogP contribution in [-0.4, -0.2) is 48.1 Å². The lowest BCUT2D eigenvalue weighted by Gasteiger charge is -2.25. The van der Waals surface area contributed by atoms with E-state index < -0.39 is 0 Å². The van der Waals surface area contributed by atoms with E-state index in [1.165, 1.54) is 22.2 Å². The molecule has 3 aromatic rings. The van der Waals surface area contributed by atoms with Gasteiger partial charge < -0.3 is 19.5 Å². The van der Waals surface area contributed by atoms with Gasteiger partial charge in [0.15, 0.2) is 0 Å². The van der Waals surface area contributed by atoms with Crippen molar-refractivity contribution in [3.8, 4) is 5.75 Å². The van der Waals surface area contributed by atoms with Gasteiger partial charge in [-0.1, -0.05) is 12.1 Å². The maximum absolute atomic E-state index is 12.8. The van der Waals surface area contributed by atoms with E-state index in [0.29, 0.717) is 27.2 Å². The third kappa shape index (κ3) is 3.79. The summed E-state index contributed by atoms with van der Waals surface area (Å²) in [4.78, 5) is 32.6. The van der Waals surface area contributed by atoms with Crippen molar-refractivity contribution in [1.82, 2.24) is 19.8 Å². The summed E-state index contributed by atoms with van der Waals surface area (Å²) in [7, 11) is 7.22. The molecule has 0 saturated carbocycles. The predicted molar refractivity (Wildman–Crippen MR) is 111 cm³/mol. The number of aryl methyl sites for hydroxylation is 2. The summed E-state index contributed by atoms with van der Waals surface area (Å²) < 4.78 is 6.73. The van der Waals surface area contributed by atoms with Crippen molar-refractivity contribution in [2.75, 3.05) is 27.7 Å². The molecule has 2 heterocycles. The van der Waals surface area contributed by atoms with Crippen LogP contribution >= 0.6 is 11.3 Å². The molecular weight excluding hydrogens is 376 g/mol. The number of carbonyl (C=O) groups is 1. The smallest absolute Gasteiger partial charge is 0.262 e. The van der Waals surface area contributed by atoms with E-state index in [1.54, 1.807) is 21.1 Å². The van der Waals surface area contributed by atoms with Crippen LogP contribution in [0.3, 0.4) is 0 Å². The molecule has 1 N–H and O–H groups in total. The van der Waals surface area contributed by atoms with Gasteiger partial charge in [-0.05, 0) is 44.3 Å². The second kappa shape index (κ2) is 8.12. The maximum atomic E-state index is 12.8. The minimum atomic E-state index is -0.197. The van der Waals surface area contributed by atoms with Gasteiger partial charge in [0, 0.05) is 13.6 Å². The summed E-state index contributed by atoms with van der Waals surface area (Å²) in [6.45, 7) is 2.22. The number of likely N-dealkylation sites (N-methyl/N-ethyl adjacent to an activating group) is 1. The van der Waals surface area contributed by atoms with E-state index in [0.717, 1.165) is 11.3 Å². The topological polar surface area (TPSA) is 76.5 Å². The Hall–Kier alpha value is -2.71. The van der Waals surface area contributed by atoms with Gasteiger partial charge in [0.05, 0.1) is 29.7 Å². The Bertz CT molecular complexity index is 1070. The van der Waals surface area contributed by atoms with Crippen LogP contribution < -0.4 is 15.6 Å². The van der Waals surface area contributed by atoms with Crippen LogP contribution in [0.15, 0.2) is 35.4 Å². The van der Waals surface area contributed by atoms with Gasteiger partial charge in [0.1, 0.15) is 10.6 Å². The summed E-state index contributed by atoms with van der Waals surface area (Å²) in [5, 5.41) is 3.52. The Balaban J connectivity index is 1.84. The minimum Gasteiger partial charge on any atom is -0.497 e. The molecule has 0 aliphatic carbocycles. The van der Waals surface area contributed by atoms with Crippen LogP contribution in [0.1, 0.15) is 26.8 Å². The van der Waals surface area contributed by atoms with Crippen LogP contribution in [0, 0.1) is 6.92 Å². The number of nitrogens with zero attached hydrogens (tertiary/aromatic N) is 3. The number of thiophene rings is 1. The van der Waals surface area contributed by atoms with Crippen LogP contribution in [-0.2, 0) is 7.05 Å². The molecule has 28 heavy (non-hydrogen) atoms. The molecule has 8 heteroatoms. The van der Waals surface area contributed by atoms with E-state index in [-0.39, 0.29) is 17.5 Å². The third-order valence-corrected chi connectivity index (χ3v) is 5.97. The van der Waals surface area contributed by atoms with Crippen molar-refractivity contribution in [3.05, 3.63) is 57.0 Å². The number of ether oxygens (including phenoxy) is 1. The van der Waals surface area contributed by atoms with Gasteiger partial charge in [-0.15, -0.1) is 11.3 Å². The van der Waals surface area contributed by atoms with Crippen LogP contribution in [0.5, 0.6) is 5.75 Å². The number of hydrogen-bond donors (Lipinski definition) is 1. The second-order valence-electron chi connectivity index (χ2n) is 6.86. The summed E-state index contributed by atoms with van der Waals surface area (Å²) in [5.74, 6) is 0.579. The number of amides is 1. The zero-order valence-electron chi connectivity index (χ0n) is 16.6. The highest BCUT2D eigenvalue weighted by molar-refractivity contribution is 7.20. The van der Waals surface area contributed by atoms with Gasteiger partial charge in [0.25, 0.3) is 11.5 Å². The van der Waals surface area contributed by atoms with Crippen LogP contribution in [0.25, 0.3) is 10.2 Å². The van der Waals surface area contributed by atoms with Crippen molar-refractivity contribution in [3.63, 3.8) is 0 Å². The molecule has 0 saturated heterocycles. The highest BCUT2D eigenvalue weighted by Gasteiger charge is 2.21. The molecule has 0 spiro atoms. The van der Waals surface area contributed by atoms with E-state index in [1.807, 2.05) is 43.3 Å². The second-order valence-corrected chi connectivity index (χ2v) is 7.86. The number of aromatic nitrogens is 2. The Kier molecular flexibility index (Phi) is 5.81. The van der Waals surface area contributed by atoms with Crippen molar-refractivity contribution in [2.24, 2.45) is 7.05 Å². The van der Waals surface area contributed by atoms with Gasteiger partial charge in [-0.2, -0.15) is 0 Å². The molecule has 1 amide bonds. The first-order valence-electron chi connectivity index (χ1n) is 8.86. The molecule has 3 rings (SSSR count). The number of rotatable bonds is 6. The van der Waals surface area contributed by atoms with Crippen LogP contribution in [0.4, 0.5) is 0 Å². The highest BCUT2D eigenvalue weighted by atomic mass is 32.1. The van der Waals surface area contributed by atoms with E-state index in [9.17, 15) is 9.59 Å². The SMILES string of the molecule is COc1cccc(C(CNC(=O)c2sc3ncn(C)c(=O)c3c2C)N(C)C)c1. The fourth-order valence-corrected chi connectivity index (χ4v) is 4.20. The predicted octanol–water partition coefficient (Wildman–Crippen LogP) is 2.34. The molecule has 0 aliphatic heterocycles. The van der Waals surface area contributed by atoms with Gasteiger partial charge in [0.2, 0.25) is 0 Å². The average molecular weight is 401 g/mol. The van der Waals surface area contributed by atoms with Crippen LogP contribution in [0.2, 0.25) is 0 Å². The lowest BCUT2D eigenvalue weighted by atomic mass is 10.1. The standard InChI is InChI=1S/C20H24N4O3S/c1-12-16-19(22-11-24(4)20(16)26)28-17(12)18(25)21-10-15(23(2)3)13-7-6-8-14(9-13)27-5/h6-9,11,15H,10H2,1-5H3,(H,21,25). The zero-order valence-corrected chi connectivity index (χ0v) is 17.5. The van der Waals surface area contributed by atoms with E-state index in [2.05, 4.69) is 10.3 Å². The lowest BCUT2D eigenvalue weighted by molar-refractivity contribution is 0.0945. The van der Waals surface area contributed by atoms with Crippen molar-refractivity contribution < 1.29 is 9.53 Å². The molecule has 7 nitrogen and oxygen atoms in total. The number of hydrogen-bond acceptors (Lipinski definition) is 6. The molecule has 1 unspecified atom stereocenters. The first-order valence-corrected chi connectivity index (χ1v) is 9.68. The van der Waals surface area contributed by atoms with Gasteiger partial charge >= 0.3 is 0 Å². The Labute approximate surface area is 167 Å². The Morgan fingerprint density at radius 3 is 2.82 bits per heavy atom. The highest BCUT2D eigenvalue weighted by Crippen LogP contribution is 2.27. The first-order chi connectivity index (χ1) is 13.3. The normalized spacial score (nSPS) is 12.4. The first kappa shape index (κ1) is 20.0. The molecular formula is C20H24N4O3S. The largest absolute Gasteiger partial charge is 0.497 e. The lowest BCUT2D eigenvalue weighted by Crippen LogP contribution is -2.34. The molecule has 0 bridgehead atoms. The maximum Gasteiger partial charge on any atom is 0.262 e. The number of fused-ring (bicyclic) bond motifs is 1. The number of carbonyl (C=O) groups excluding carboxylic acids is 1. The van der Waals surface area contributed by atoms with E-state index in [4.69, 9.17) is 4.74 Å². The molecule has 1 aromatic carbocycles. The molecule has 2 aromatic heterocycles. The fraction of sp³-hybridized carbons (Fsp3) is 0.350. The van der Waals surface area contributed by atoms with Crippen molar-refractivity contribution >= 4 is 27.5 Å². The number of benzene rings is 1. The fourth-order valence-electron chi connectivity index (χ4n) is 3.14. The van der Waals surface area contributed by atoms with Gasteiger partial charge in [-0.25, -0.2) is 4.98 Å². The Morgan fingerprint density at radius 2 is 2.14 bits per heavy atom. The molecule has 0 radical (unpaired) electrons. The number of methoxy groups -OCH3 is 1. The molecule has 0 aliphatic rings. The summed E-state index contributed by atoms with van der Waals surface area (Å²) in [6, 6.07) is 7.79. The van der Waals surface area contributed by atoms with Crippen molar-refractivity contribution in [1.29, 1.82) is 0 Å². The van der Waals surface area contributed by atoms with Crippen molar-refractivity contribution in [2.45, 2.75) is 13.0 Å². The molecule has 0 fully saturated rings. The number of nitrogens with one attached hydrogen (secondary N) is 1. The Morgan fingerprint density at radius 1 is 1.39 bits per heavy atom. The summed E-state index contributed by atoms with van der Waals surface area (Å²) in [5.41, 5.74) is 1.59. The van der Waals surface area contributed by atoms with Gasteiger partial charge in [-0.3, -0.25) is 9.59 Å². The zero-order chi connectivity index (χ0) is 20.4. The monoisotopic (exact) mass is 400 g/mol. The summed E-state index contributed by atoms with van der Waals surface area (Å²) >= 11 is 1.25. The van der Waals surface area contributed by atoms with E-state index >= 15 is 0 Å². The quantitative estimate of drug-likeness (QED) is 0.687. The summed E-state index contributed by atoms with van der Waals surface area (Å²) in [6.07, 6.45) is 1.48. The minimum absolute atomic E-state index is 0.0141. The average Bonchev–Trinajstić information content (AvgIpc) is 3.02. The third-order valence-electron chi connectivity index (χ3n) is 4.77. The molecule has 1 atom stereocenters. The molecule has 148 valence electrons.